The molecule has 0 amide bonds. The van der Waals surface area contributed by atoms with E-state index in [1.54, 1.807) is 31.2 Å². The summed E-state index contributed by atoms with van der Waals surface area (Å²) >= 11 is 0. The Hall–Kier alpha value is -2.64. The molecule has 1 heterocycles. The van der Waals surface area contributed by atoms with Crippen LogP contribution in [-0.2, 0) is 16.9 Å². The van der Waals surface area contributed by atoms with Gasteiger partial charge in [0.25, 0.3) is 0 Å². The summed E-state index contributed by atoms with van der Waals surface area (Å²) in [5.74, 6) is 0.277. The number of nitrogens with one attached hydrogen (secondary N) is 1. The molecular formula is C18H23N3O4. The number of rotatable bonds is 9. The van der Waals surface area contributed by atoms with Gasteiger partial charge >= 0.3 is 5.97 Å². The predicted octanol–water partition coefficient (Wildman–Crippen LogP) is 1.51. The van der Waals surface area contributed by atoms with Crippen LogP contribution in [0.4, 0.5) is 5.82 Å². The lowest BCUT2D eigenvalue weighted by molar-refractivity contribution is -0.136. The number of hydrogen-bond acceptors (Lipinski definition) is 6. The summed E-state index contributed by atoms with van der Waals surface area (Å²) in [6, 6.07) is 10.7. The number of aliphatic carboxylic acids is 1. The van der Waals surface area contributed by atoms with Crippen LogP contribution >= 0.6 is 0 Å². The molecule has 2 aromatic rings. The molecule has 1 aromatic carbocycles. The van der Waals surface area contributed by atoms with Gasteiger partial charge in [-0.25, -0.2) is 4.98 Å². The molecule has 0 fully saturated rings. The molecule has 0 saturated heterocycles. The lowest BCUT2D eigenvalue weighted by Crippen LogP contribution is -2.41. The SMILES string of the molecule is C[C@@](O)(NCCOc1ccc(CCC(=O)O)cc1)c1ccc(N)nc1. The minimum absolute atomic E-state index is 0.110. The highest BCUT2D eigenvalue weighted by Gasteiger charge is 2.22. The van der Waals surface area contributed by atoms with Crippen LogP contribution < -0.4 is 15.8 Å². The molecule has 0 aliphatic carbocycles. The zero-order chi connectivity index (χ0) is 18.3. The average molecular weight is 345 g/mol. The van der Waals surface area contributed by atoms with Crippen molar-refractivity contribution in [3.05, 3.63) is 53.7 Å². The molecule has 0 bridgehead atoms. The van der Waals surface area contributed by atoms with Crippen LogP contribution in [0.25, 0.3) is 0 Å². The fraction of sp³-hybridized carbons (Fsp3) is 0.333. The van der Waals surface area contributed by atoms with Gasteiger partial charge in [0.05, 0.1) is 0 Å². The summed E-state index contributed by atoms with van der Waals surface area (Å²) in [5.41, 5.74) is 5.87. The predicted molar refractivity (Wildman–Crippen MR) is 94.1 cm³/mol. The molecule has 0 unspecified atom stereocenters. The van der Waals surface area contributed by atoms with Gasteiger partial charge in [0.1, 0.15) is 23.9 Å². The number of benzene rings is 1. The Morgan fingerprint density at radius 3 is 2.60 bits per heavy atom. The first-order valence-corrected chi connectivity index (χ1v) is 8.00. The van der Waals surface area contributed by atoms with Crippen LogP contribution in [0.2, 0.25) is 0 Å². The van der Waals surface area contributed by atoms with E-state index in [0.29, 0.717) is 36.7 Å². The molecule has 1 aromatic heterocycles. The number of nitrogens with zero attached hydrogens (tertiary/aromatic N) is 1. The number of aryl methyl sites for hydroxylation is 1. The molecule has 7 heteroatoms. The summed E-state index contributed by atoms with van der Waals surface area (Å²) in [5, 5.41) is 22.1. The summed E-state index contributed by atoms with van der Waals surface area (Å²) in [4.78, 5) is 14.5. The highest BCUT2D eigenvalue weighted by Crippen LogP contribution is 2.17. The number of aromatic nitrogens is 1. The van der Waals surface area contributed by atoms with Gasteiger partial charge in [-0.05, 0) is 43.2 Å². The standard InChI is InChI=1S/C18H23N3O4/c1-18(24,14-5-8-16(19)20-12-14)21-10-11-25-15-6-2-13(3-7-15)4-9-17(22)23/h2-3,5-8,12,21,24H,4,9-11H2,1H3,(H2,19,20)(H,22,23)/t18-/m0/s1. The van der Waals surface area contributed by atoms with Crippen LogP contribution in [0.5, 0.6) is 5.75 Å². The summed E-state index contributed by atoms with van der Waals surface area (Å²) in [6.07, 6.45) is 2.13. The maximum atomic E-state index is 10.6. The van der Waals surface area contributed by atoms with Crippen molar-refractivity contribution in [1.82, 2.24) is 10.3 Å². The number of pyridine rings is 1. The van der Waals surface area contributed by atoms with Crippen LogP contribution in [0, 0.1) is 0 Å². The largest absolute Gasteiger partial charge is 0.492 e. The molecule has 5 N–H and O–H groups in total. The van der Waals surface area contributed by atoms with Crippen molar-refractivity contribution in [1.29, 1.82) is 0 Å². The number of nitrogens with two attached hydrogens (primary N) is 1. The highest BCUT2D eigenvalue weighted by atomic mass is 16.5. The van der Waals surface area contributed by atoms with Gasteiger partial charge in [-0.1, -0.05) is 12.1 Å². The maximum absolute atomic E-state index is 10.6. The molecule has 1 atom stereocenters. The second-order valence-electron chi connectivity index (χ2n) is 5.86. The lowest BCUT2D eigenvalue weighted by atomic mass is 10.1. The summed E-state index contributed by atoms with van der Waals surface area (Å²) in [7, 11) is 0. The summed E-state index contributed by atoms with van der Waals surface area (Å²) in [6.45, 7) is 2.43. The molecule has 0 saturated carbocycles. The third-order valence-corrected chi connectivity index (χ3v) is 3.74. The Morgan fingerprint density at radius 2 is 2.00 bits per heavy atom. The second kappa shape index (κ2) is 8.46. The Labute approximate surface area is 146 Å². The number of anilines is 1. The van der Waals surface area contributed by atoms with Gasteiger partial charge in [0, 0.05) is 24.7 Å². The molecule has 25 heavy (non-hydrogen) atoms. The van der Waals surface area contributed by atoms with Crippen molar-refractivity contribution in [2.75, 3.05) is 18.9 Å². The third-order valence-electron chi connectivity index (χ3n) is 3.74. The smallest absolute Gasteiger partial charge is 0.303 e. The number of carboxylic acids is 1. The monoisotopic (exact) mass is 345 g/mol. The minimum atomic E-state index is -1.23. The molecule has 0 spiro atoms. The van der Waals surface area contributed by atoms with E-state index in [4.69, 9.17) is 15.6 Å². The zero-order valence-electron chi connectivity index (χ0n) is 14.1. The molecule has 0 aliphatic heterocycles. The van der Waals surface area contributed by atoms with Gasteiger partial charge in [-0.2, -0.15) is 0 Å². The maximum Gasteiger partial charge on any atom is 0.303 e. The normalized spacial score (nSPS) is 13.2. The van der Waals surface area contributed by atoms with E-state index in [1.165, 1.54) is 6.20 Å². The number of carbonyl (C=O) groups is 1. The Bertz CT molecular complexity index is 684. The number of carboxylic acid groups (broad SMARTS) is 1. The first-order chi connectivity index (χ1) is 11.9. The minimum Gasteiger partial charge on any atom is -0.492 e. The lowest BCUT2D eigenvalue weighted by Gasteiger charge is -2.25. The first kappa shape index (κ1) is 18.7. The summed E-state index contributed by atoms with van der Waals surface area (Å²) < 4.78 is 5.61. The first-order valence-electron chi connectivity index (χ1n) is 8.00. The zero-order valence-corrected chi connectivity index (χ0v) is 14.1. The van der Waals surface area contributed by atoms with Crippen LogP contribution in [0.1, 0.15) is 24.5 Å². The van der Waals surface area contributed by atoms with Crippen LogP contribution in [0.15, 0.2) is 42.6 Å². The molecule has 7 nitrogen and oxygen atoms in total. The molecular weight excluding hydrogens is 322 g/mol. The van der Waals surface area contributed by atoms with Crippen molar-refractivity contribution >= 4 is 11.8 Å². The molecule has 2 rings (SSSR count). The van der Waals surface area contributed by atoms with Crippen LogP contribution in [-0.4, -0.2) is 34.3 Å². The van der Waals surface area contributed by atoms with Gasteiger partial charge < -0.3 is 20.7 Å². The fourth-order valence-corrected chi connectivity index (χ4v) is 2.26. The van der Waals surface area contributed by atoms with E-state index >= 15 is 0 Å². The molecule has 134 valence electrons. The number of ether oxygens (including phenoxy) is 1. The fourth-order valence-electron chi connectivity index (χ4n) is 2.26. The molecule has 0 aliphatic rings. The van der Waals surface area contributed by atoms with Gasteiger partial charge in [-0.3, -0.25) is 10.1 Å². The van der Waals surface area contributed by atoms with Crippen LogP contribution in [0.3, 0.4) is 0 Å². The van der Waals surface area contributed by atoms with E-state index in [9.17, 15) is 9.90 Å². The van der Waals surface area contributed by atoms with Crippen molar-refractivity contribution in [2.24, 2.45) is 0 Å². The van der Waals surface area contributed by atoms with E-state index in [1.807, 2.05) is 12.1 Å². The Kier molecular flexibility index (Phi) is 6.32. The quantitative estimate of drug-likeness (QED) is 0.402. The Morgan fingerprint density at radius 1 is 1.28 bits per heavy atom. The van der Waals surface area contributed by atoms with Gasteiger partial charge in [0.15, 0.2) is 0 Å². The molecule has 0 radical (unpaired) electrons. The number of aliphatic hydroxyl groups is 1. The number of nitrogen functional groups attached to an aromatic ring is 1. The number of hydrogen-bond donors (Lipinski definition) is 4. The highest BCUT2D eigenvalue weighted by molar-refractivity contribution is 5.67. The second-order valence-corrected chi connectivity index (χ2v) is 5.86. The van der Waals surface area contributed by atoms with Crippen molar-refractivity contribution in [3.63, 3.8) is 0 Å². The van der Waals surface area contributed by atoms with E-state index in [0.717, 1.165) is 5.56 Å². The van der Waals surface area contributed by atoms with Crippen molar-refractivity contribution < 1.29 is 19.7 Å². The van der Waals surface area contributed by atoms with Crippen molar-refractivity contribution in [3.8, 4) is 5.75 Å². The van der Waals surface area contributed by atoms with E-state index < -0.39 is 11.7 Å². The van der Waals surface area contributed by atoms with E-state index in [-0.39, 0.29) is 6.42 Å². The van der Waals surface area contributed by atoms with Gasteiger partial charge in [0.2, 0.25) is 0 Å². The average Bonchev–Trinajstić information content (AvgIpc) is 2.58. The van der Waals surface area contributed by atoms with Gasteiger partial charge in [-0.15, -0.1) is 0 Å². The third kappa shape index (κ3) is 6.06. The topological polar surface area (TPSA) is 118 Å². The van der Waals surface area contributed by atoms with Crippen molar-refractivity contribution in [2.45, 2.75) is 25.5 Å². The van der Waals surface area contributed by atoms with E-state index in [2.05, 4.69) is 10.3 Å². The Balaban J connectivity index is 1.76.